The number of nitrogens with zero attached hydrogens (tertiary/aromatic N) is 1. The molecule has 0 spiro atoms. The molecule has 0 unspecified atom stereocenters. The highest BCUT2D eigenvalue weighted by atomic mass is 16.1. The Bertz CT molecular complexity index is 356. The predicted molar refractivity (Wildman–Crippen MR) is 59.0 cm³/mol. The summed E-state index contributed by atoms with van der Waals surface area (Å²) in [5.41, 5.74) is -0.156. The standard InChI is InChI=1S/C10H16N4O/c15-10-9(13-6-7-14-10)12-5-3-8-2-1-4-11-8/h6-8,11H,1-5H2,(H,12,13)(H,14,15)/t8-/m1/s1. The van der Waals surface area contributed by atoms with Crippen molar-refractivity contribution in [1.82, 2.24) is 15.3 Å². The van der Waals surface area contributed by atoms with E-state index in [1.54, 1.807) is 6.20 Å². The number of aromatic nitrogens is 2. The lowest BCUT2D eigenvalue weighted by atomic mass is 10.1. The third-order valence-electron chi connectivity index (χ3n) is 2.66. The molecule has 1 aromatic heterocycles. The van der Waals surface area contributed by atoms with Crippen LogP contribution in [0.15, 0.2) is 17.2 Å². The average Bonchev–Trinajstić information content (AvgIpc) is 2.74. The number of rotatable bonds is 4. The lowest BCUT2D eigenvalue weighted by Gasteiger charge is -2.10. The Kier molecular flexibility index (Phi) is 3.34. The molecule has 3 N–H and O–H groups in total. The molecule has 1 aliphatic rings. The van der Waals surface area contributed by atoms with Crippen molar-refractivity contribution < 1.29 is 0 Å². The molecule has 0 radical (unpaired) electrons. The number of hydrogen-bond acceptors (Lipinski definition) is 4. The molecule has 0 amide bonds. The van der Waals surface area contributed by atoms with Crippen LogP contribution in [0.1, 0.15) is 19.3 Å². The zero-order valence-electron chi connectivity index (χ0n) is 8.62. The van der Waals surface area contributed by atoms with E-state index in [1.165, 1.54) is 19.0 Å². The quantitative estimate of drug-likeness (QED) is 0.666. The number of anilines is 1. The largest absolute Gasteiger partial charge is 0.365 e. The van der Waals surface area contributed by atoms with Gasteiger partial charge in [0.1, 0.15) is 0 Å². The molecular formula is C10H16N4O. The summed E-state index contributed by atoms with van der Waals surface area (Å²) >= 11 is 0. The van der Waals surface area contributed by atoms with Crippen LogP contribution in [-0.2, 0) is 0 Å². The highest BCUT2D eigenvalue weighted by Gasteiger charge is 2.13. The topological polar surface area (TPSA) is 69.8 Å². The van der Waals surface area contributed by atoms with Gasteiger partial charge in [-0.15, -0.1) is 0 Å². The highest BCUT2D eigenvalue weighted by molar-refractivity contribution is 5.29. The van der Waals surface area contributed by atoms with E-state index in [4.69, 9.17) is 0 Å². The van der Waals surface area contributed by atoms with E-state index in [2.05, 4.69) is 20.6 Å². The number of hydrogen-bond donors (Lipinski definition) is 3. The van der Waals surface area contributed by atoms with Crippen molar-refractivity contribution in [3.8, 4) is 0 Å². The van der Waals surface area contributed by atoms with Crippen molar-refractivity contribution in [2.75, 3.05) is 18.4 Å². The van der Waals surface area contributed by atoms with Gasteiger partial charge in [-0.05, 0) is 25.8 Å². The predicted octanol–water partition coefficient (Wildman–Crippen LogP) is 0.324. The summed E-state index contributed by atoms with van der Waals surface area (Å²) in [6, 6.07) is 0.597. The van der Waals surface area contributed by atoms with E-state index >= 15 is 0 Å². The van der Waals surface area contributed by atoms with Crippen molar-refractivity contribution >= 4 is 5.82 Å². The number of H-pyrrole nitrogens is 1. The molecule has 5 nitrogen and oxygen atoms in total. The summed E-state index contributed by atoms with van der Waals surface area (Å²) in [7, 11) is 0. The minimum absolute atomic E-state index is 0.156. The molecule has 0 aliphatic carbocycles. The van der Waals surface area contributed by atoms with Gasteiger partial charge in [0.05, 0.1) is 0 Å². The van der Waals surface area contributed by atoms with Crippen molar-refractivity contribution in [3.05, 3.63) is 22.7 Å². The summed E-state index contributed by atoms with van der Waals surface area (Å²) in [5, 5.41) is 6.46. The number of nitrogens with one attached hydrogen (secondary N) is 3. The SMILES string of the molecule is O=c1[nH]ccnc1NCC[C@H]1CCCN1. The second-order valence-corrected chi connectivity index (χ2v) is 3.78. The lowest BCUT2D eigenvalue weighted by Crippen LogP contribution is -2.25. The van der Waals surface area contributed by atoms with E-state index in [0.29, 0.717) is 11.9 Å². The van der Waals surface area contributed by atoms with Crippen LogP contribution in [0.5, 0.6) is 0 Å². The van der Waals surface area contributed by atoms with Gasteiger partial charge in [-0.25, -0.2) is 4.98 Å². The third kappa shape index (κ3) is 2.79. The Labute approximate surface area is 88.3 Å². The molecule has 1 saturated heterocycles. The van der Waals surface area contributed by atoms with E-state index in [0.717, 1.165) is 19.5 Å². The Morgan fingerprint density at radius 3 is 3.27 bits per heavy atom. The minimum atomic E-state index is -0.156. The Hall–Kier alpha value is -1.36. The third-order valence-corrected chi connectivity index (χ3v) is 2.66. The van der Waals surface area contributed by atoms with Gasteiger partial charge in [0.15, 0.2) is 5.82 Å². The second-order valence-electron chi connectivity index (χ2n) is 3.78. The van der Waals surface area contributed by atoms with Crippen LogP contribution in [0.4, 0.5) is 5.82 Å². The maximum absolute atomic E-state index is 11.3. The summed E-state index contributed by atoms with van der Waals surface area (Å²) in [4.78, 5) is 17.8. The first-order valence-corrected chi connectivity index (χ1v) is 5.37. The molecule has 2 rings (SSSR count). The second kappa shape index (κ2) is 4.93. The number of aromatic amines is 1. The summed E-state index contributed by atoms with van der Waals surface area (Å²) in [6.07, 6.45) is 6.65. The van der Waals surface area contributed by atoms with Crippen LogP contribution in [0, 0.1) is 0 Å². The van der Waals surface area contributed by atoms with Crippen LogP contribution < -0.4 is 16.2 Å². The zero-order chi connectivity index (χ0) is 10.5. The molecule has 82 valence electrons. The fourth-order valence-corrected chi connectivity index (χ4v) is 1.85. The van der Waals surface area contributed by atoms with Gasteiger partial charge >= 0.3 is 0 Å². The fourth-order valence-electron chi connectivity index (χ4n) is 1.85. The maximum atomic E-state index is 11.3. The monoisotopic (exact) mass is 208 g/mol. The van der Waals surface area contributed by atoms with Crippen LogP contribution >= 0.6 is 0 Å². The highest BCUT2D eigenvalue weighted by Crippen LogP contribution is 2.08. The molecule has 1 atom stereocenters. The molecule has 1 aliphatic heterocycles. The van der Waals surface area contributed by atoms with E-state index in [-0.39, 0.29) is 5.56 Å². The van der Waals surface area contributed by atoms with Crippen molar-refractivity contribution in [1.29, 1.82) is 0 Å². The first-order chi connectivity index (χ1) is 7.36. The Morgan fingerprint density at radius 1 is 1.60 bits per heavy atom. The van der Waals surface area contributed by atoms with Gasteiger partial charge in [0, 0.05) is 25.0 Å². The minimum Gasteiger partial charge on any atom is -0.365 e. The molecule has 1 fully saturated rings. The normalized spacial score (nSPS) is 20.4. The molecule has 0 aromatic carbocycles. The Balaban J connectivity index is 1.78. The fraction of sp³-hybridized carbons (Fsp3) is 0.600. The van der Waals surface area contributed by atoms with Gasteiger partial charge in [0.2, 0.25) is 0 Å². The summed E-state index contributed by atoms with van der Waals surface area (Å²) in [6.45, 7) is 1.91. The van der Waals surface area contributed by atoms with E-state index in [9.17, 15) is 4.79 Å². The average molecular weight is 208 g/mol. The lowest BCUT2D eigenvalue weighted by molar-refractivity contribution is 0.574. The van der Waals surface area contributed by atoms with Gasteiger partial charge in [-0.1, -0.05) is 0 Å². The van der Waals surface area contributed by atoms with Gasteiger partial charge in [-0.3, -0.25) is 4.79 Å². The van der Waals surface area contributed by atoms with Crippen LogP contribution in [0.3, 0.4) is 0 Å². The van der Waals surface area contributed by atoms with Crippen LogP contribution in [0.2, 0.25) is 0 Å². The summed E-state index contributed by atoms with van der Waals surface area (Å²) < 4.78 is 0. The zero-order valence-corrected chi connectivity index (χ0v) is 8.62. The first kappa shape index (κ1) is 10.2. The van der Waals surface area contributed by atoms with Crippen molar-refractivity contribution in [2.45, 2.75) is 25.3 Å². The van der Waals surface area contributed by atoms with E-state index in [1.807, 2.05) is 0 Å². The molecule has 1 aromatic rings. The molecule has 15 heavy (non-hydrogen) atoms. The summed E-state index contributed by atoms with van der Waals surface area (Å²) in [5.74, 6) is 0.412. The van der Waals surface area contributed by atoms with E-state index < -0.39 is 0 Å². The van der Waals surface area contributed by atoms with Crippen molar-refractivity contribution in [3.63, 3.8) is 0 Å². The smallest absolute Gasteiger partial charge is 0.290 e. The first-order valence-electron chi connectivity index (χ1n) is 5.37. The molecule has 5 heteroatoms. The molecule has 0 bridgehead atoms. The van der Waals surface area contributed by atoms with Gasteiger partial charge in [-0.2, -0.15) is 0 Å². The van der Waals surface area contributed by atoms with Crippen molar-refractivity contribution in [2.24, 2.45) is 0 Å². The molecule has 2 heterocycles. The Morgan fingerprint density at radius 2 is 2.53 bits per heavy atom. The van der Waals surface area contributed by atoms with Crippen LogP contribution in [0.25, 0.3) is 0 Å². The van der Waals surface area contributed by atoms with Gasteiger partial charge < -0.3 is 15.6 Å². The molecular weight excluding hydrogens is 192 g/mol. The maximum Gasteiger partial charge on any atom is 0.290 e. The van der Waals surface area contributed by atoms with Gasteiger partial charge in [0.25, 0.3) is 5.56 Å². The molecule has 0 saturated carbocycles. The van der Waals surface area contributed by atoms with Crippen LogP contribution in [-0.4, -0.2) is 29.1 Å².